The molecule has 0 amide bonds. The van der Waals surface area contributed by atoms with Gasteiger partial charge in [0.2, 0.25) is 0 Å². The fourth-order valence-electron chi connectivity index (χ4n) is 6.85. The summed E-state index contributed by atoms with van der Waals surface area (Å²) in [5.41, 5.74) is 2.75. The number of allylic oxidation sites excluding steroid dienone is 4. The number of hydrogen-bond donors (Lipinski definition) is 1. The van der Waals surface area contributed by atoms with Gasteiger partial charge < -0.3 is 5.11 Å². The average molecular weight is 367 g/mol. The minimum absolute atomic E-state index is 0.202. The molecule has 0 aromatic rings. The predicted molar refractivity (Wildman–Crippen MR) is 105 cm³/mol. The van der Waals surface area contributed by atoms with Gasteiger partial charge in [-0.05, 0) is 92.3 Å². The molecule has 2 saturated carbocycles. The zero-order chi connectivity index (χ0) is 19.2. The van der Waals surface area contributed by atoms with Gasteiger partial charge >= 0.3 is 5.97 Å². The van der Waals surface area contributed by atoms with Crippen molar-refractivity contribution in [2.45, 2.75) is 71.6 Å². The van der Waals surface area contributed by atoms with E-state index in [-0.39, 0.29) is 23.0 Å². The van der Waals surface area contributed by atoms with Crippen LogP contribution in [-0.2, 0) is 9.59 Å². The molecular formula is C24H30O3. The Morgan fingerprint density at radius 3 is 2.85 bits per heavy atom. The second-order valence-corrected chi connectivity index (χ2v) is 9.24. The van der Waals surface area contributed by atoms with Gasteiger partial charge in [-0.1, -0.05) is 18.9 Å². The van der Waals surface area contributed by atoms with Crippen LogP contribution in [-0.4, -0.2) is 16.9 Å². The molecule has 0 aromatic heterocycles. The molecule has 4 aliphatic carbocycles. The predicted octanol–water partition coefficient (Wildman–Crippen LogP) is 4.92. The first-order chi connectivity index (χ1) is 12.9. The van der Waals surface area contributed by atoms with Gasteiger partial charge in [-0.3, -0.25) is 9.59 Å². The van der Waals surface area contributed by atoms with E-state index in [1.54, 1.807) is 0 Å². The van der Waals surface area contributed by atoms with E-state index in [1.807, 2.05) is 13.0 Å². The van der Waals surface area contributed by atoms with Crippen molar-refractivity contribution in [3.63, 3.8) is 0 Å². The van der Waals surface area contributed by atoms with Gasteiger partial charge in [-0.2, -0.15) is 0 Å². The first-order valence-corrected chi connectivity index (χ1v) is 10.5. The number of carbonyl (C=O) groups excluding carboxylic acids is 1. The van der Waals surface area contributed by atoms with Crippen molar-refractivity contribution >= 4 is 11.8 Å². The van der Waals surface area contributed by atoms with E-state index in [1.165, 1.54) is 17.6 Å². The third-order valence-corrected chi connectivity index (χ3v) is 8.15. The summed E-state index contributed by atoms with van der Waals surface area (Å²) in [6.07, 6.45) is 12.4. The van der Waals surface area contributed by atoms with E-state index in [0.717, 1.165) is 38.5 Å². The van der Waals surface area contributed by atoms with Crippen LogP contribution in [0, 0.1) is 40.4 Å². The summed E-state index contributed by atoms with van der Waals surface area (Å²) in [6.45, 7) is 4.32. The van der Waals surface area contributed by atoms with Gasteiger partial charge in [0.05, 0.1) is 5.41 Å². The number of rotatable bonds is 3. The lowest BCUT2D eigenvalue weighted by atomic mass is 9.50. The summed E-state index contributed by atoms with van der Waals surface area (Å²) in [6, 6.07) is 0. The lowest BCUT2D eigenvalue weighted by Gasteiger charge is -2.53. The summed E-state index contributed by atoms with van der Waals surface area (Å²) >= 11 is 0. The van der Waals surface area contributed by atoms with E-state index in [2.05, 4.69) is 24.8 Å². The van der Waals surface area contributed by atoms with Gasteiger partial charge in [-0.15, -0.1) is 5.92 Å². The first kappa shape index (κ1) is 18.5. The molecule has 4 rings (SSSR count). The monoisotopic (exact) mass is 366 g/mol. The molecular weight excluding hydrogens is 336 g/mol. The highest BCUT2D eigenvalue weighted by Crippen LogP contribution is 2.65. The zero-order valence-corrected chi connectivity index (χ0v) is 16.5. The molecule has 0 radical (unpaired) electrons. The maximum Gasteiger partial charge on any atom is 0.303 e. The third-order valence-electron chi connectivity index (χ3n) is 8.15. The second kappa shape index (κ2) is 6.66. The minimum atomic E-state index is -0.675. The van der Waals surface area contributed by atoms with Crippen LogP contribution in [0.25, 0.3) is 0 Å². The summed E-state index contributed by atoms with van der Waals surface area (Å²) in [5, 5.41) is 9.12. The average Bonchev–Trinajstić information content (AvgIpc) is 2.97. The summed E-state index contributed by atoms with van der Waals surface area (Å²) in [7, 11) is 0. The number of ketones is 1. The summed E-state index contributed by atoms with van der Waals surface area (Å²) in [4.78, 5) is 23.1. The van der Waals surface area contributed by atoms with Gasteiger partial charge in [-0.25, -0.2) is 0 Å². The lowest BCUT2D eigenvalue weighted by molar-refractivity contribution is -0.137. The van der Waals surface area contributed by atoms with Crippen molar-refractivity contribution in [3.8, 4) is 11.8 Å². The maximum atomic E-state index is 12.0. The van der Waals surface area contributed by atoms with Gasteiger partial charge in [0.1, 0.15) is 0 Å². The van der Waals surface area contributed by atoms with Gasteiger partial charge in [0, 0.05) is 12.8 Å². The van der Waals surface area contributed by atoms with Crippen LogP contribution in [0.5, 0.6) is 0 Å². The lowest BCUT2D eigenvalue weighted by Crippen LogP contribution is -2.45. The molecule has 1 N–H and O–H groups in total. The third kappa shape index (κ3) is 2.80. The van der Waals surface area contributed by atoms with Crippen molar-refractivity contribution in [1.29, 1.82) is 0 Å². The number of carboxylic acid groups (broad SMARTS) is 1. The summed E-state index contributed by atoms with van der Waals surface area (Å²) < 4.78 is 0. The molecule has 144 valence electrons. The van der Waals surface area contributed by atoms with E-state index >= 15 is 0 Å². The Morgan fingerprint density at radius 1 is 1.30 bits per heavy atom. The molecule has 0 saturated heterocycles. The van der Waals surface area contributed by atoms with Gasteiger partial charge in [0.15, 0.2) is 5.78 Å². The quantitative estimate of drug-likeness (QED) is 0.569. The molecule has 4 aliphatic rings. The highest BCUT2D eigenvalue weighted by atomic mass is 16.4. The molecule has 0 aliphatic heterocycles. The van der Waals surface area contributed by atoms with Gasteiger partial charge in [0.25, 0.3) is 0 Å². The molecule has 3 heteroatoms. The molecule has 0 bridgehead atoms. The van der Waals surface area contributed by atoms with Crippen LogP contribution in [0.1, 0.15) is 71.6 Å². The molecule has 5 atom stereocenters. The fraction of sp³-hybridized carbons (Fsp3) is 0.667. The molecule has 27 heavy (non-hydrogen) atoms. The topological polar surface area (TPSA) is 54.4 Å². The molecule has 0 aromatic carbocycles. The largest absolute Gasteiger partial charge is 0.481 e. The molecule has 3 nitrogen and oxygen atoms in total. The van der Waals surface area contributed by atoms with Crippen LogP contribution >= 0.6 is 0 Å². The van der Waals surface area contributed by atoms with E-state index in [4.69, 9.17) is 5.11 Å². The standard InChI is InChI=1S/C24H30O3/c1-3-12-24-14-10-18(25)15-17(24)4-7-19-20-8-5-16(6-9-22(26)27)23(20,2)13-11-21(19)24/h11,15-16,19-20H,4-10,13-14H2,1-2H3,(H,26,27)/t16-,19-,20-,23+,24-/m0/s1. The van der Waals surface area contributed by atoms with Crippen molar-refractivity contribution in [2.75, 3.05) is 0 Å². The van der Waals surface area contributed by atoms with Crippen molar-refractivity contribution in [1.82, 2.24) is 0 Å². The Kier molecular flexibility index (Phi) is 4.57. The summed E-state index contributed by atoms with van der Waals surface area (Å²) in [5.74, 6) is 7.99. The van der Waals surface area contributed by atoms with Crippen molar-refractivity contribution in [3.05, 3.63) is 23.3 Å². The van der Waals surface area contributed by atoms with E-state index in [9.17, 15) is 9.59 Å². The number of carboxylic acids is 1. The SMILES string of the molecule is CC#C[C@]12CCC(=O)C=C1CC[C@@H]1C2=CC[C@]2(C)[C@H](CCC(=O)O)CC[C@@H]12. The highest BCUT2D eigenvalue weighted by Gasteiger charge is 2.56. The zero-order valence-electron chi connectivity index (χ0n) is 16.5. The van der Waals surface area contributed by atoms with Crippen molar-refractivity contribution in [2.24, 2.45) is 28.6 Å². The smallest absolute Gasteiger partial charge is 0.303 e. The Labute approximate surface area is 162 Å². The Morgan fingerprint density at radius 2 is 2.11 bits per heavy atom. The normalized spacial score (nSPS) is 39.9. The number of aliphatic carboxylic acids is 1. The maximum absolute atomic E-state index is 12.0. The highest BCUT2D eigenvalue weighted by molar-refractivity contribution is 5.92. The van der Waals surface area contributed by atoms with Crippen LogP contribution in [0.3, 0.4) is 0 Å². The number of hydrogen-bond acceptors (Lipinski definition) is 2. The first-order valence-electron chi connectivity index (χ1n) is 10.5. The van der Waals surface area contributed by atoms with Crippen LogP contribution in [0.15, 0.2) is 23.3 Å². The van der Waals surface area contributed by atoms with Crippen LogP contribution < -0.4 is 0 Å². The van der Waals surface area contributed by atoms with E-state index in [0.29, 0.717) is 24.2 Å². The molecule has 0 unspecified atom stereocenters. The fourth-order valence-corrected chi connectivity index (χ4v) is 6.85. The Bertz CT molecular complexity index is 792. The molecule has 2 fully saturated rings. The Balaban J connectivity index is 1.70. The Hall–Kier alpha value is -1.82. The number of fused-ring (bicyclic) bond motifs is 5. The minimum Gasteiger partial charge on any atom is -0.481 e. The van der Waals surface area contributed by atoms with E-state index < -0.39 is 5.97 Å². The molecule has 0 spiro atoms. The number of carbonyl (C=O) groups is 2. The second-order valence-electron chi connectivity index (χ2n) is 9.24. The van der Waals surface area contributed by atoms with Crippen LogP contribution in [0.4, 0.5) is 0 Å². The van der Waals surface area contributed by atoms with Crippen molar-refractivity contribution < 1.29 is 14.7 Å². The van der Waals surface area contributed by atoms with Crippen LogP contribution in [0.2, 0.25) is 0 Å². The molecule has 0 heterocycles.